The minimum absolute atomic E-state index is 0.0201. The van der Waals surface area contributed by atoms with E-state index in [9.17, 15) is 4.79 Å². The van der Waals surface area contributed by atoms with Crippen molar-refractivity contribution in [3.05, 3.63) is 58.8 Å². The summed E-state index contributed by atoms with van der Waals surface area (Å²) in [5.41, 5.74) is 1.66. The summed E-state index contributed by atoms with van der Waals surface area (Å²) >= 11 is 3.25. The Balaban J connectivity index is 1.46. The van der Waals surface area contributed by atoms with Crippen LogP contribution < -0.4 is 0 Å². The molecule has 128 valence electrons. The minimum Gasteiger partial charge on any atom is -0.450 e. The van der Waals surface area contributed by atoms with Crippen molar-refractivity contribution in [2.45, 2.75) is 18.8 Å². The Morgan fingerprint density at radius 1 is 1.24 bits per heavy atom. The van der Waals surface area contributed by atoms with Gasteiger partial charge in [0.05, 0.1) is 5.92 Å². The lowest BCUT2D eigenvalue weighted by Gasteiger charge is -2.30. The van der Waals surface area contributed by atoms with Gasteiger partial charge in [-0.3, -0.25) is 4.79 Å². The Kier molecular flexibility index (Phi) is 4.44. The molecule has 3 heterocycles. The molecule has 0 aliphatic carbocycles. The van der Waals surface area contributed by atoms with Crippen LogP contribution in [0.2, 0.25) is 0 Å². The predicted octanol–water partition coefficient (Wildman–Crippen LogP) is 4.60. The molecular weight excluding hydrogens is 384 g/mol. The molecular formula is C19H17BrN2O3. The van der Waals surface area contributed by atoms with Crippen LogP contribution >= 0.6 is 15.9 Å². The molecule has 1 aromatic carbocycles. The van der Waals surface area contributed by atoms with Gasteiger partial charge in [0.2, 0.25) is 5.91 Å². The fourth-order valence-electron chi connectivity index (χ4n) is 3.12. The third-order valence-electron chi connectivity index (χ3n) is 4.38. The van der Waals surface area contributed by atoms with Crippen molar-refractivity contribution < 1.29 is 13.6 Å². The molecule has 2 aromatic heterocycles. The number of oxazole rings is 1. The zero-order valence-corrected chi connectivity index (χ0v) is 15.1. The van der Waals surface area contributed by atoms with Gasteiger partial charge in [0.15, 0.2) is 16.1 Å². The topological polar surface area (TPSA) is 59.5 Å². The van der Waals surface area contributed by atoms with Crippen LogP contribution in [0.25, 0.3) is 17.2 Å². The van der Waals surface area contributed by atoms with Crippen LogP contribution in [0.1, 0.15) is 30.4 Å². The number of carbonyl (C=O) groups is 1. The molecule has 1 unspecified atom stereocenters. The molecule has 5 nitrogen and oxygen atoms in total. The summed E-state index contributed by atoms with van der Waals surface area (Å²) in [6, 6.07) is 11.4. The molecule has 1 amide bonds. The van der Waals surface area contributed by atoms with E-state index >= 15 is 0 Å². The maximum Gasteiger partial charge on any atom is 0.246 e. The number of furan rings is 1. The first-order valence-electron chi connectivity index (χ1n) is 8.27. The van der Waals surface area contributed by atoms with Gasteiger partial charge in [0, 0.05) is 19.2 Å². The number of nitrogens with zero attached hydrogens (tertiary/aromatic N) is 2. The molecule has 3 aromatic rings. The summed E-state index contributed by atoms with van der Waals surface area (Å²) < 4.78 is 11.9. The molecule has 1 fully saturated rings. The lowest BCUT2D eigenvalue weighted by molar-refractivity contribution is -0.127. The highest BCUT2D eigenvalue weighted by Gasteiger charge is 2.27. The van der Waals surface area contributed by atoms with E-state index in [-0.39, 0.29) is 11.8 Å². The monoisotopic (exact) mass is 400 g/mol. The molecule has 1 atom stereocenters. The van der Waals surface area contributed by atoms with Crippen molar-refractivity contribution >= 4 is 39.0 Å². The molecule has 25 heavy (non-hydrogen) atoms. The Hall–Kier alpha value is -2.34. The number of hydrogen-bond acceptors (Lipinski definition) is 4. The fraction of sp³-hybridized carbons (Fsp3) is 0.263. The van der Waals surface area contributed by atoms with Crippen LogP contribution in [-0.2, 0) is 4.79 Å². The second-order valence-corrected chi connectivity index (χ2v) is 6.90. The molecule has 1 aliphatic rings. The number of rotatable bonds is 3. The fourth-order valence-corrected chi connectivity index (χ4v) is 3.44. The van der Waals surface area contributed by atoms with Gasteiger partial charge in [-0.2, -0.15) is 0 Å². The van der Waals surface area contributed by atoms with Crippen molar-refractivity contribution in [2.75, 3.05) is 13.1 Å². The number of amides is 1. The van der Waals surface area contributed by atoms with Crippen molar-refractivity contribution in [3.63, 3.8) is 0 Å². The van der Waals surface area contributed by atoms with E-state index in [4.69, 9.17) is 8.83 Å². The molecule has 0 bridgehead atoms. The van der Waals surface area contributed by atoms with E-state index in [1.807, 2.05) is 35.2 Å². The quantitative estimate of drug-likeness (QED) is 0.602. The number of aromatic nitrogens is 1. The first kappa shape index (κ1) is 16.1. The summed E-state index contributed by atoms with van der Waals surface area (Å²) in [6.07, 6.45) is 5.16. The van der Waals surface area contributed by atoms with Gasteiger partial charge < -0.3 is 13.7 Å². The maximum atomic E-state index is 12.5. The molecule has 1 aliphatic heterocycles. The molecule has 0 N–H and O–H groups in total. The van der Waals surface area contributed by atoms with E-state index in [1.54, 1.807) is 18.2 Å². The molecule has 6 heteroatoms. The number of carbonyl (C=O) groups excluding carboxylic acids is 1. The highest BCUT2D eigenvalue weighted by atomic mass is 79.9. The van der Waals surface area contributed by atoms with Gasteiger partial charge in [-0.1, -0.05) is 12.1 Å². The van der Waals surface area contributed by atoms with Gasteiger partial charge in [0.1, 0.15) is 11.3 Å². The van der Waals surface area contributed by atoms with Crippen molar-refractivity contribution in [3.8, 4) is 0 Å². The first-order chi connectivity index (χ1) is 12.2. The number of hydrogen-bond donors (Lipinski definition) is 0. The van der Waals surface area contributed by atoms with E-state index in [0.29, 0.717) is 17.0 Å². The summed E-state index contributed by atoms with van der Waals surface area (Å²) in [6.45, 7) is 1.37. The third-order valence-corrected chi connectivity index (χ3v) is 4.80. The van der Waals surface area contributed by atoms with Gasteiger partial charge in [-0.25, -0.2) is 4.98 Å². The number of benzene rings is 1. The minimum atomic E-state index is -0.0201. The van der Waals surface area contributed by atoms with Crippen LogP contribution in [0.5, 0.6) is 0 Å². The Morgan fingerprint density at radius 3 is 2.92 bits per heavy atom. The van der Waals surface area contributed by atoms with Gasteiger partial charge in [-0.05, 0) is 59.1 Å². The zero-order valence-electron chi connectivity index (χ0n) is 13.5. The largest absolute Gasteiger partial charge is 0.450 e. The first-order valence-corrected chi connectivity index (χ1v) is 9.06. The molecule has 1 saturated heterocycles. The van der Waals surface area contributed by atoms with Crippen molar-refractivity contribution in [2.24, 2.45) is 0 Å². The van der Waals surface area contributed by atoms with Crippen molar-refractivity contribution in [1.82, 2.24) is 9.88 Å². The standard InChI is InChI=1S/C19H17BrN2O3/c20-17-9-7-14(24-17)8-10-18(23)22-11-3-4-13(12-22)19-21-15-5-1-2-6-16(15)25-19/h1-2,5-10,13H,3-4,11-12H2. The Morgan fingerprint density at radius 2 is 2.12 bits per heavy atom. The van der Waals surface area contributed by atoms with Crippen LogP contribution in [0, 0.1) is 0 Å². The predicted molar refractivity (Wildman–Crippen MR) is 98.0 cm³/mol. The third kappa shape index (κ3) is 3.54. The van der Waals surface area contributed by atoms with Crippen LogP contribution in [0.3, 0.4) is 0 Å². The normalized spacial score (nSPS) is 18.3. The second kappa shape index (κ2) is 6.88. The SMILES string of the molecule is O=C(C=Cc1ccc(Br)o1)N1CCCC(c2nc3ccccc3o2)C1. The van der Waals surface area contributed by atoms with Gasteiger partial charge in [-0.15, -0.1) is 0 Å². The zero-order chi connectivity index (χ0) is 17.2. The summed E-state index contributed by atoms with van der Waals surface area (Å²) in [5, 5.41) is 0. The number of fused-ring (bicyclic) bond motifs is 1. The van der Waals surface area contributed by atoms with Crippen LogP contribution in [0.4, 0.5) is 0 Å². The maximum absolute atomic E-state index is 12.5. The highest BCUT2D eigenvalue weighted by molar-refractivity contribution is 9.10. The van der Waals surface area contributed by atoms with E-state index in [1.165, 1.54) is 0 Å². The Bertz CT molecular complexity index is 895. The average molecular weight is 401 g/mol. The van der Waals surface area contributed by atoms with E-state index < -0.39 is 0 Å². The highest BCUT2D eigenvalue weighted by Crippen LogP contribution is 2.29. The smallest absolute Gasteiger partial charge is 0.246 e. The van der Waals surface area contributed by atoms with Crippen molar-refractivity contribution in [1.29, 1.82) is 0 Å². The molecule has 0 spiro atoms. The molecule has 0 saturated carbocycles. The summed E-state index contributed by atoms with van der Waals surface area (Å²) in [5.74, 6) is 1.48. The lowest BCUT2D eigenvalue weighted by atomic mass is 9.98. The molecule has 4 rings (SSSR count). The lowest BCUT2D eigenvalue weighted by Crippen LogP contribution is -2.38. The average Bonchev–Trinajstić information content (AvgIpc) is 3.25. The summed E-state index contributed by atoms with van der Waals surface area (Å²) in [4.78, 5) is 18.9. The van der Waals surface area contributed by atoms with Gasteiger partial charge >= 0.3 is 0 Å². The second-order valence-electron chi connectivity index (χ2n) is 6.12. The number of piperidine rings is 1. The number of halogens is 1. The summed E-state index contributed by atoms with van der Waals surface area (Å²) in [7, 11) is 0. The van der Waals surface area contributed by atoms with Crippen LogP contribution in [-0.4, -0.2) is 28.9 Å². The number of para-hydroxylation sites is 2. The number of likely N-dealkylation sites (tertiary alicyclic amines) is 1. The Labute approximate surface area is 153 Å². The van der Waals surface area contributed by atoms with E-state index in [2.05, 4.69) is 20.9 Å². The van der Waals surface area contributed by atoms with Gasteiger partial charge in [0.25, 0.3) is 0 Å². The van der Waals surface area contributed by atoms with E-state index in [0.717, 1.165) is 36.4 Å². The molecule has 0 radical (unpaired) electrons. The van der Waals surface area contributed by atoms with Crippen LogP contribution in [0.15, 0.2) is 56.0 Å².